The van der Waals surface area contributed by atoms with Crippen molar-refractivity contribution in [3.05, 3.63) is 28.0 Å². The third kappa shape index (κ3) is 3.14. The Morgan fingerprint density at radius 1 is 1.45 bits per heavy atom. The molecule has 1 aromatic rings. The maximum atomic E-state index is 14.3. The van der Waals surface area contributed by atoms with E-state index in [1.165, 1.54) is 18.9 Å². The SMILES string of the molecule is CCCC1CCN(c2ccc(C(=O)O)c(Br)c2F)CC1. The van der Waals surface area contributed by atoms with Crippen molar-refractivity contribution in [1.29, 1.82) is 0 Å². The maximum Gasteiger partial charge on any atom is 0.336 e. The molecule has 0 aromatic heterocycles. The number of piperidine rings is 1. The molecule has 1 fully saturated rings. The van der Waals surface area contributed by atoms with Crippen LogP contribution in [0.3, 0.4) is 0 Å². The van der Waals surface area contributed by atoms with Gasteiger partial charge in [-0.05, 0) is 46.8 Å². The Morgan fingerprint density at radius 2 is 2.10 bits per heavy atom. The lowest BCUT2D eigenvalue weighted by Gasteiger charge is -2.34. The van der Waals surface area contributed by atoms with E-state index < -0.39 is 11.8 Å². The largest absolute Gasteiger partial charge is 0.478 e. The molecule has 1 heterocycles. The molecular weight excluding hydrogens is 325 g/mol. The number of carboxylic acid groups (broad SMARTS) is 1. The number of rotatable bonds is 4. The van der Waals surface area contributed by atoms with Crippen LogP contribution >= 0.6 is 15.9 Å². The van der Waals surface area contributed by atoms with Crippen molar-refractivity contribution >= 4 is 27.6 Å². The van der Waals surface area contributed by atoms with Crippen LogP contribution in [0.4, 0.5) is 10.1 Å². The third-order valence-electron chi connectivity index (χ3n) is 3.94. The molecule has 0 spiro atoms. The van der Waals surface area contributed by atoms with Gasteiger partial charge in [-0.3, -0.25) is 0 Å². The summed E-state index contributed by atoms with van der Waals surface area (Å²) in [5.74, 6) is -0.858. The van der Waals surface area contributed by atoms with E-state index in [0.717, 1.165) is 31.8 Å². The summed E-state index contributed by atoms with van der Waals surface area (Å²) < 4.78 is 14.3. The van der Waals surface area contributed by atoms with Gasteiger partial charge in [-0.2, -0.15) is 0 Å². The van der Waals surface area contributed by atoms with Gasteiger partial charge in [-0.1, -0.05) is 19.8 Å². The van der Waals surface area contributed by atoms with Crippen LogP contribution in [0.15, 0.2) is 16.6 Å². The van der Waals surface area contributed by atoms with Gasteiger partial charge in [0.2, 0.25) is 0 Å². The number of hydrogen-bond acceptors (Lipinski definition) is 2. The van der Waals surface area contributed by atoms with Crippen molar-refractivity contribution in [2.45, 2.75) is 32.6 Å². The van der Waals surface area contributed by atoms with E-state index in [9.17, 15) is 9.18 Å². The summed E-state index contributed by atoms with van der Waals surface area (Å²) in [4.78, 5) is 13.0. The zero-order chi connectivity index (χ0) is 14.7. The van der Waals surface area contributed by atoms with Gasteiger partial charge >= 0.3 is 5.97 Å². The Balaban J connectivity index is 2.15. The second-order valence-electron chi connectivity index (χ2n) is 5.28. The fourth-order valence-electron chi connectivity index (χ4n) is 2.82. The molecule has 20 heavy (non-hydrogen) atoms. The highest BCUT2D eigenvalue weighted by molar-refractivity contribution is 9.10. The molecule has 1 aliphatic heterocycles. The number of carboxylic acids is 1. The van der Waals surface area contributed by atoms with Crippen molar-refractivity contribution in [2.24, 2.45) is 5.92 Å². The zero-order valence-corrected chi connectivity index (χ0v) is 13.1. The first-order valence-corrected chi connectivity index (χ1v) is 7.80. The second kappa shape index (κ2) is 6.57. The van der Waals surface area contributed by atoms with E-state index in [2.05, 4.69) is 22.9 Å². The molecule has 0 amide bonds. The topological polar surface area (TPSA) is 40.5 Å². The quantitative estimate of drug-likeness (QED) is 0.885. The Morgan fingerprint density at radius 3 is 2.65 bits per heavy atom. The number of nitrogens with zero attached hydrogens (tertiary/aromatic N) is 1. The zero-order valence-electron chi connectivity index (χ0n) is 11.5. The molecule has 1 N–H and O–H groups in total. The first-order chi connectivity index (χ1) is 9.54. The van der Waals surface area contributed by atoms with Crippen LogP contribution in [0.1, 0.15) is 43.0 Å². The van der Waals surface area contributed by atoms with Crippen LogP contribution < -0.4 is 4.90 Å². The van der Waals surface area contributed by atoms with Gasteiger partial charge in [0, 0.05) is 13.1 Å². The van der Waals surface area contributed by atoms with Crippen LogP contribution in [0.5, 0.6) is 0 Å². The van der Waals surface area contributed by atoms with E-state index in [1.807, 2.05) is 4.90 Å². The molecule has 0 bridgehead atoms. The minimum atomic E-state index is -1.12. The van der Waals surface area contributed by atoms with Crippen molar-refractivity contribution < 1.29 is 14.3 Å². The lowest BCUT2D eigenvalue weighted by molar-refractivity contribution is 0.0695. The summed E-state index contributed by atoms with van der Waals surface area (Å²) in [5, 5.41) is 8.97. The number of carbonyl (C=O) groups is 1. The van der Waals surface area contributed by atoms with Crippen molar-refractivity contribution in [3.8, 4) is 0 Å². The van der Waals surface area contributed by atoms with Gasteiger partial charge in [0.25, 0.3) is 0 Å². The molecule has 110 valence electrons. The average Bonchev–Trinajstić information content (AvgIpc) is 2.43. The molecule has 0 saturated carbocycles. The summed E-state index contributed by atoms with van der Waals surface area (Å²) in [6.45, 7) is 3.86. The number of hydrogen-bond donors (Lipinski definition) is 1. The molecule has 3 nitrogen and oxygen atoms in total. The van der Waals surface area contributed by atoms with E-state index in [0.29, 0.717) is 5.69 Å². The number of aromatic carboxylic acids is 1. The lowest BCUT2D eigenvalue weighted by atomic mass is 9.92. The van der Waals surface area contributed by atoms with Crippen LogP contribution in [0.2, 0.25) is 0 Å². The summed E-state index contributed by atoms with van der Waals surface area (Å²) in [6, 6.07) is 3.03. The monoisotopic (exact) mass is 343 g/mol. The Labute approximate surface area is 126 Å². The molecule has 1 aromatic carbocycles. The summed E-state index contributed by atoms with van der Waals surface area (Å²) in [6.07, 6.45) is 4.58. The normalized spacial score (nSPS) is 16.4. The smallest absolute Gasteiger partial charge is 0.336 e. The predicted molar refractivity (Wildman–Crippen MR) is 80.9 cm³/mol. The third-order valence-corrected chi connectivity index (χ3v) is 4.72. The second-order valence-corrected chi connectivity index (χ2v) is 6.08. The van der Waals surface area contributed by atoms with Crippen LogP contribution in [0, 0.1) is 11.7 Å². The van der Waals surface area contributed by atoms with Gasteiger partial charge in [0.1, 0.15) is 0 Å². The molecule has 0 atom stereocenters. The fourth-order valence-corrected chi connectivity index (χ4v) is 3.32. The van der Waals surface area contributed by atoms with Crippen LogP contribution in [-0.2, 0) is 0 Å². The van der Waals surface area contributed by atoms with E-state index in [-0.39, 0.29) is 10.0 Å². The fraction of sp³-hybridized carbons (Fsp3) is 0.533. The van der Waals surface area contributed by atoms with Gasteiger partial charge in [-0.15, -0.1) is 0 Å². The number of anilines is 1. The molecule has 1 saturated heterocycles. The predicted octanol–water partition coefficient (Wildman–Crippen LogP) is 4.30. The van der Waals surface area contributed by atoms with Gasteiger partial charge < -0.3 is 10.0 Å². The molecule has 0 unspecified atom stereocenters. The molecule has 5 heteroatoms. The molecular formula is C15H19BrFNO2. The average molecular weight is 344 g/mol. The summed E-state index contributed by atoms with van der Waals surface area (Å²) >= 11 is 3.05. The molecule has 0 radical (unpaired) electrons. The Hall–Kier alpha value is -1.10. The highest BCUT2D eigenvalue weighted by Gasteiger charge is 2.23. The van der Waals surface area contributed by atoms with Gasteiger partial charge in [0.05, 0.1) is 15.7 Å². The Kier molecular flexibility index (Phi) is 5.02. The first kappa shape index (κ1) is 15.3. The first-order valence-electron chi connectivity index (χ1n) is 7.00. The van der Waals surface area contributed by atoms with E-state index >= 15 is 0 Å². The minimum Gasteiger partial charge on any atom is -0.478 e. The standard InChI is InChI=1S/C15H19BrFNO2/c1-2-3-10-6-8-18(9-7-10)12-5-4-11(15(19)20)13(16)14(12)17/h4-5,10H,2-3,6-9H2,1H3,(H,19,20). The highest BCUT2D eigenvalue weighted by atomic mass is 79.9. The van der Waals surface area contributed by atoms with Crippen molar-refractivity contribution in [2.75, 3.05) is 18.0 Å². The Bertz CT molecular complexity index is 499. The van der Waals surface area contributed by atoms with Crippen molar-refractivity contribution in [3.63, 3.8) is 0 Å². The summed E-state index contributed by atoms with van der Waals surface area (Å²) in [5.41, 5.74) is 0.462. The highest BCUT2D eigenvalue weighted by Crippen LogP contribution is 2.32. The van der Waals surface area contributed by atoms with Gasteiger partial charge in [0.15, 0.2) is 5.82 Å². The number of benzene rings is 1. The minimum absolute atomic E-state index is 0.0351. The molecule has 2 rings (SSSR count). The van der Waals surface area contributed by atoms with Gasteiger partial charge in [-0.25, -0.2) is 9.18 Å². The van der Waals surface area contributed by atoms with Crippen molar-refractivity contribution in [1.82, 2.24) is 0 Å². The lowest BCUT2D eigenvalue weighted by Crippen LogP contribution is -2.34. The van der Waals surface area contributed by atoms with Crippen LogP contribution in [-0.4, -0.2) is 24.2 Å². The van der Waals surface area contributed by atoms with E-state index in [1.54, 1.807) is 6.07 Å². The molecule has 0 aliphatic carbocycles. The summed E-state index contributed by atoms with van der Waals surface area (Å²) in [7, 11) is 0. The number of halogens is 2. The van der Waals surface area contributed by atoms with Crippen LogP contribution in [0.25, 0.3) is 0 Å². The molecule has 1 aliphatic rings. The van der Waals surface area contributed by atoms with E-state index in [4.69, 9.17) is 5.11 Å². The maximum absolute atomic E-state index is 14.3.